The van der Waals surface area contributed by atoms with Gasteiger partial charge in [0.1, 0.15) is 5.84 Å². The number of piperazine rings is 2. The Balaban J connectivity index is 1.29. The zero-order valence-corrected chi connectivity index (χ0v) is 20.8. The molecule has 2 aliphatic heterocycles. The van der Waals surface area contributed by atoms with E-state index >= 15 is 0 Å². The maximum absolute atomic E-state index is 13.4. The van der Waals surface area contributed by atoms with Crippen molar-refractivity contribution >= 4 is 23.6 Å². The lowest BCUT2D eigenvalue weighted by atomic mass is 9.82. The molecule has 0 radical (unpaired) electrons. The second kappa shape index (κ2) is 10.9. The Morgan fingerprint density at radius 2 is 1.36 bits per heavy atom. The third-order valence-corrected chi connectivity index (χ3v) is 7.49. The molecule has 10 nitrogen and oxygen atoms in total. The normalized spacial score (nSPS) is 22.8. The van der Waals surface area contributed by atoms with Crippen LogP contribution in [0.25, 0.3) is 0 Å². The third kappa shape index (κ3) is 5.59. The fourth-order valence-electron chi connectivity index (χ4n) is 5.08. The van der Waals surface area contributed by atoms with E-state index in [1.54, 1.807) is 29.2 Å². The number of nitrogen functional groups attached to an aromatic ring is 1. The maximum atomic E-state index is 13.4. The standard InChI is InChI=1S/C26H36N8O2/c1-18-21(17-31-9-11-34(12-10-31)26(29)30)3-2-4-22(18)25(36)33-15-13-32(14-16-33)24(35)20-7-5-19(6-8-20)23(27)28/h2-8,18,21H,9-17H2,1H3,(H3,27,28)(H3,29,30). The summed E-state index contributed by atoms with van der Waals surface area (Å²) in [5, 5.41) is 15.1. The summed E-state index contributed by atoms with van der Waals surface area (Å²) < 4.78 is 0. The van der Waals surface area contributed by atoms with Crippen LogP contribution in [-0.2, 0) is 4.79 Å². The number of benzene rings is 1. The number of rotatable bonds is 5. The van der Waals surface area contributed by atoms with Gasteiger partial charge < -0.3 is 26.2 Å². The van der Waals surface area contributed by atoms with Gasteiger partial charge >= 0.3 is 0 Å². The first-order valence-electron chi connectivity index (χ1n) is 12.5. The van der Waals surface area contributed by atoms with Crippen LogP contribution in [0, 0.1) is 22.7 Å². The molecule has 2 saturated heterocycles. The molecule has 2 fully saturated rings. The number of carbonyl (C=O) groups is 2. The minimum Gasteiger partial charge on any atom is -0.384 e. The zero-order valence-electron chi connectivity index (χ0n) is 20.8. The van der Waals surface area contributed by atoms with Gasteiger partial charge in [0, 0.05) is 75.6 Å². The number of allylic oxidation sites excluding steroid dienone is 2. The smallest absolute Gasteiger partial charge is 0.253 e. The van der Waals surface area contributed by atoms with Crippen molar-refractivity contribution < 1.29 is 9.59 Å². The fourth-order valence-corrected chi connectivity index (χ4v) is 5.08. The van der Waals surface area contributed by atoms with Gasteiger partial charge in [-0.3, -0.25) is 25.3 Å². The van der Waals surface area contributed by atoms with Gasteiger partial charge in [-0.05, 0) is 24.0 Å². The van der Waals surface area contributed by atoms with Crippen molar-refractivity contribution in [1.82, 2.24) is 19.6 Å². The van der Waals surface area contributed by atoms with Crippen molar-refractivity contribution in [3.63, 3.8) is 0 Å². The molecule has 1 aliphatic carbocycles. The van der Waals surface area contributed by atoms with Gasteiger partial charge in [0.2, 0.25) is 5.91 Å². The number of carbonyl (C=O) groups excluding carboxylic acids is 2. The summed E-state index contributed by atoms with van der Waals surface area (Å²) in [6, 6.07) is 6.74. The van der Waals surface area contributed by atoms with E-state index in [0.717, 1.165) is 38.3 Å². The number of hydrogen-bond donors (Lipinski definition) is 4. The molecule has 192 valence electrons. The van der Waals surface area contributed by atoms with Crippen LogP contribution in [0.2, 0.25) is 0 Å². The molecule has 0 bridgehead atoms. The molecule has 2 amide bonds. The Kier molecular flexibility index (Phi) is 7.73. The van der Waals surface area contributed by atoms with Crippen LogP contribution in [0.5, 0.6) is 0 Å². The minimum atomic E-state index is -0.0738. The maximum Gasteiger partial charge on any atom is 0.253 e. The number of nitrogens with zero attached hydrogens (tertiary/aromatic N) is 4. The quantitative estimate of drug-likeness (QED) is 0.348. The van der Waals surface area contributed by atoms with Gasteiger partial charge in [0.15, 0.2) is 5.96 Å². The first kappa shape index (κ1) is 25.4. The second-order valence-corrected chi connectivity index (χ2v) is 9.71. The van der Waals surface area contributed by atoms with Crippen molar-refractivity contribution in [2.75, 3.05) is 58.9 Å². The van der Waals surface area contributed by atoms with Gasteiger partial charge in [-0.15, -0.1) is 0 Å². The summed E-state index contributed by atoms with van der Waals surface area (Å²) in [7, 11) is 0. The Bertz CT molecular complexity index is 1060. The molecule has 36 heavy (non-hydrogen) atoms. The molecule has 0 saturated carbocycles. The highest BCUT2D eigenvalue weighted by Crippen LogP contribution is 2.29. The van der Waals surface area contributed by atoms with Gasteiger partial charge in [-0.25, -0.2) is 0 Å². The molecule has 4 rings (SSSR count). The molecule has 10 heteroatoms. The Hall–Kier alpha value is -3.66. The number of nitrogens with one attached hydrogen (secondary N) is 2. The molecule has 2 atom stereocenters. The predicted octanol–water partition coefficient (Wildman–Crippen LogP) is 0.515. The van der Waals surface area contributed by atoms with Gasteiger partial charge in [-0.1, -0.05) is 37.3 Å². The predicted molar refractivity (Wildman–Crippen MR) is 140 cm³/mol. The Morgan fingerprint density at radius 1 is 0.833 bits per heavy atom. The van der Waals surface area contributed by atoms with E-state index in [-0.39, 0.29) is 35.4 Å². The topological polar surface area (TPSA) is 147 Å². The second-order valence-electron chi connectivity index (χ2n) is 9.71. The summed E-state index contributed by atoms with van der Waals surface area (Å²) in [6.07, 6.45) is 6.12. The lowest BCUT2D eigenvalue weighted by Crippen LogP contribution is -2.52. The summed E-state index contributed by atoms with van der Waals surface area (Å²) in [5.41, 5.74) is 13.1. The molecule has 2 unspecified atom stereocenters. The van der Waals surface area contributed by atoms with Gasteiger partial charge in [-0.2, -0.15) is 0 Å². The average molecular weight is 493 g/mol. The molecule has 2 heterocycles. The molecule has 0 aromatic heterocycles. The molecule has 0 spiro atoms. The first-order valence-corrected chi connectivity index (χ1v) is 12.5. The number of hydrogen-bond acceptors (Lipinski definition) is 5. The SMILES string of the molecule is CC1C(C(=O)N2CCN(C(=O)c3ccc(C(=N)N)cc3)CC2)=CC=CC1CN1CCN(C(=N)N)CC1. The third-order valence-electron chi connectivity index (χ3n) is 7.49. The Morgan fingerprint density at radius 3 is 1.92 bits per heavy atom. The van der Waals surface area contributed by atoms with Crippen LogP contribution in [0.1, 0.15) is 22.8 Å². The zero-order chi connectivity index (χ0) is 25.8. The highest BCUT2D eigenvalue weighted by Gasteiger charge is 2.32. The Labute approximate surface area is 212 Å². The molecule has 3 aliphatic rings. The van der Waals surface area contributed by atoms with Crippen molar-refractivity contribution in [2.24, 2.45) is 23.3 Å². The number of nitrogens with two attached hydrogens (primary N) is 2. The number of amidine groups is 1. The van der Waals surface area contributed by atoms with Crippen LogP contribution in [0.3, 0.4) is 0 Å². The average Bonchev–Trinajstić information content (AvgIpc) is 2.89. The van der Waals surface area contributed by atoms with Gasteiger partial charge in [0.05, 0.1) is 0 Å². The molecular weight excluding hydrogens is 456 g/mol. The lowest BCUT2D eigenvalue weighted by molar-refractivity contribution is -0.129. The van der Waals surface area contributed by atoms with Crippen LogP contribution >= 0.6 is 0 Å². The number of guanidine groups is 1. The highest BCUT2D eigenvalue weighted by atomic mass is 16.2. The van der Waals surface area contributed by atoms with Crippen LogP contribution in [0.15, 0.2) is 48.1 Å². The van der Waals surface area contributed by atoms with Gasteiger partial charge in [0.25, 0.3) is 5.91 Å². The molecule has 6 N–H and O–H groups in total. The monoisotopic (exact) mass is 492 g/mol. The van der Waals surface area contributed by atoms with E-state index in [1.807, 2.05) is 22.0 Å². The van der Waals surface area contributed by atoms with Crippen molar-refractivity contribution in [3.05, 3.63) is 59.2 Å². The highest BCUT2D eigenvalue weighted by molar-refractivity contribution is 5.98. The van der Waals surface area contributed by atoms with E-state index in [4.69, 9.17) is 22.3 Å². The summed E-state index contributed by atoms with van der Waals surface area (Å²) in [5.74, 6) is 0.432. The first-order chi connectivity index (χ1) is 17.2. The minimum absolute atomic E-state index is 0.0278. The summed E-state index contributed by atoms with van der Waals surface area (Å²) in [6.45, 7) is 8.20. The molecule has 1 aromatic carbocycles. The lowest BCUT2D eigenvalue weighted by Gasteiger charge is -2.39. The van der Waals surface area contributed by atoms with E-state index in [2.05, 4.69) is 17.9 Å². The van der Waals surface area contributed by atoms with E-state index in [1.165, 1.54) is 0 Å². The van der Waals surface area contributed by atoms with Crippen LogP contribution < -0.4 is 11.5 Å². The van der Waals surface area contributed by atoms with E-state index < -0.39 is 0 Å². The van der Waals surface area contributed by atoms with E-state index in [0.29, 0.717) is 37.3 Å². The summed E-state index contributed by atoms with van der Waals surface area (Å²) in [4.78, 5) is 34.2. The largest absolute Gasteiger partial charge is 0.384 e. The van der Waals surface area contributed by atoms with E-state index in [9.17, 15) is 9.59 Å². The van der Waals surface area contributed by atoms with Crippen molar-refractivity contribution in [2.45, 2.75) is 6.92 Å². The van der Waals surface area contributed by atoms with Crippen molar-refractivity contribution in [1.29, 1.82) is 10.8 Å². The summed E-state index contributed by atoms with van der Waals surface area (Å²) >= 11 is 0. The molecule has 1 aromatic rings. The van der Waals surface area contributed by atoms with Crippen LogP contribution in [0.4, 0.5) is 0 Å². The van der Waals surface area contributed by atoms with Crippen molar-refractivity contribution in [3.8, 4) is 0 Å². The molecular formula is C26H36N8O2. The van der Waals surface area contributed by atoms with Crippen LogP contribution in [-0.4, -0.2) is 102 Å². The fraction of sp³-hybridized carbons (Fsp3) is 0.462. The number of amides is 2.